The van der Waals surface area contributed by atoms with E-state index in [1.54, 1.807) is 0 Å². The summed E-state index contributed by atoms with van der Waals surface area (Å²) in [5, 5.41) is 2.80. The summed E-state index contributed by atoms with van der Waals surface area (Å²) in [5.74, 6) is 0.0292. The fourth-order valence-electron chi connectivity index (χ4n) is 1.93. The van der Waals surface area contributed by atoms with Gasteiger partial charge in [-0.3, -0.25) is 4.79 Å². The van der Waals surface area contributed by atoms with Gasteiger partial charge in [0.2, 0.25) is 0 Å². The Bertz CT molecular complexity index is 634. The molecular formula is C13H16N2O3S2. The van der Waals surface area contributed by atoms with Crippen molar-refractivity contribution in [2.24, 2.45) is 11.7 Å². The maximum Gasteiger partial charge on any atom is 0.251 e. The Balaban J connectivity index is 2.11. The first-order valence-electron chi connectivity index (χ1n) is 6.19. The minimum absolute atomic E-state index is 0.183. The van der Waals surface area contributed by atoms with E-state index >= 15 is 0 Å². The maximum absolute atomic E-state index is 12.1. The first-order chi connectivity index (χ1) is 9.29. The van der Waals surface area contributed by atoms with Crippen molar-refractivity contribution in [3.8, 4) is 0 Å². The van der Waals surface area contributed by atoms with E-state index in [0.29, 0.717) is 11.5 Å². The summed E-state index contributed by atoms with van der Waals surface area (Å²) >= 11 is 4.95. The largest absolute Gasteiger partial charge is 0.392 e. The number of rotatable bonds is 5. The van der Waals surface area contributed by atoms with Crippen LogP contribution in [0.4, 0.5) is 0 Å². The maximum atomic E-state index is 12.1. The Hall–Kier alpha value is -1.47. The number of carbonyl (C=O) groups is 1. The fourth-order valence-corrected chi connectivity index (χ4v) is 2.81. The molecule has 20 heavy (non-hydrogen) atoms. The van der Waals surface area contributed by atoms with Crippen molar-refractivity contribution in [1.29, 1.82) is 0 Å². The zero-order valence-corrected chi connectivity index (χ0v) is 12.6. The van der Waals surface area contributed by atoms with Crippen LogP contribution in [0.2, 0.25) is 0 Å². The quantitative estimate of drug-likeness (QED) is 0.788. The van der Waals surface area contributed by atoms with E-state index in [9.17, 15) is 13.2 Å². The smallest absolute Gasteiger partial charge is 0.251 e. The summed E-state index contributed by atoms with van der Waals surface area (Å²) in [5.41, 5.74) is 6.01. The van der Waals surface area contributed by atoms with Gasteiger partial charge in [-0.15, -0.1) is 0 Å². The molecule has 0 aromatic heterocycles. The van der Waals surface area contributed by atoms with E-state index in [1.165, 1.54) is 24.3 Å². The van der Waals surface area contributed by atoms with Crippen molar-refractivity contribution in [2.75, 3.05) is 6.26 Å². The minimum atomic E-state index is -3.26. The molecule has 3 N–H and O–H groups in total. The summed E-state index contributed by atoms with van der Waals surface area (Å²) < 4.78 is 22.7. The second-order valence-electron chi connectivity index (χ2n) is 4.99. The van der Waals surface area contributed by atoms with Crippen LogP contribution in [0.1, 0.15) is 23.2 Å². The molecule has 1 aromatic carbocycles. The molecule has 1 aliphatic rings. The van der Waals surface area contributed by atoms with Crippen LogP contribution in [0.15, 0.2) is 29.2 Å². The molecule has 1 saturated carbocycles. The van der Waals surface area contributed by atoms with Crippen LogP contribution in [0.3, 0.4) is 0 Å². The molecule has 0 radical (unpaired) electrons. The van der Waals surface area contributed by atoms with Crippen LogP contribution in [0.5, 0.6) is 0 Å². The van der Waals surface area contributed by atoms with Crippen LogP contribution in [-0.4, -0.2) is 31.6 Å². The molecular weight excluding hydrogens is 296 g/mol. The average Bonchev–Trinajstić information content (AvgIpc) is 3.18. The zero-order chi connectivity index (χ0) is 14.9. The van der Waals surface area contributed by atoms with Gasteiger partial charge < -0.3 is 11.1 Å². The molecule has 2 rings (SSSR count). The highest BCUT2D eigenvalue weighted by Gasteiger charge is 2.34. The third kappa shape index (κ3) is 3.55. The van der Waals surface area contributed by atoms with Gasteiger partial charge in [-0.25, -0.2) is 8.42 Å². The topological polar surface area (TPSA) is 89.3 Å². The summed E-state index contributed by atoms with van der Waals surface area (Å²) in [6.45, 7) is 0. The van der Waals surface area contributed by atoms with Gasteiger partial charge in [0.15, 0.2) is 9.84 Å². The van der Waals surface area contributed by atoms with Crippen LogP contribution >= 0.6 is 12.2 Å². The van der Waals surface area contributed by atoms with Crippen molar-refractivity contribution in [2.45, 2.75) is 23.8 Å². The average molecular weight is 312 g/mol. The monoisotopic (exact) mass is 312 g/mol. The van der Waals surface area contributed by atoms with E-state index in [4.69, 9.17) is 18.0 Å². The molecule has 5 nitrogen and oxygen atoms in total. The van der Waals surface area contributed by atoms with Crippen molar-refractivity contribution in [1.82, 2.24) is 5.32 Å². The van der Waals surface area contributed by atoms with Crippen molar-refractivity contribution in [3.63, 3.8) is 0 Å². The first-order valence-corrected chi connectivity index (χ1v) is 8.49. The SMILES string of the molecule is CS(=O)(=O)c1ccc(C(=O)NC(C(N)=S)C2CC2)cc1. The Kier molecular flexibility index (Phi) is 4.10. The molecule has 1 aliphatic carbocycles. The third-order valence-electron chi connectivity index (χ3n) is 3.23. The lowest BCUT2D eigenvalue weighted by molar-refractivity contribution is 0.0943. The standard InChI is InChI=1S/C13H16N2O3S2/c1-20(17,18)10-6-4-9(5-7-10)13(16)15-11(12(14)19)8-2-3-8/h4-8,11H,2-3H2,1H3,(H2,14,19)(H,15,16). The first kappa shape index (κ1) is 14.9. The molecule has 108 valence electrons. The number of hydrogen-bond donors (Lipinski definition) is 2. The van der Waals surface area contributed by atoms with E-state index in [1.807, 2.05) is 0 Å². The molecule has 1 amide bonds. The van der Waals surface area contributed by atoms with Gasteiger partial charge in [0.05, 0.1) is 15.9 Å². The minimum Gasteiger partial charge on any atom is -0.392 e. The van der Waals surface area contributed by atoms with Crippen LogP contribution in [-0.2, 0) is 9.84 Å². The van der Waals surface area contributed by atoms with Gasteiger partial charge in [0, 0.05) is 11.8 Å². The van der Waals surface area contributed by atoms with E-state index in [-0.39, 0.29) is 21.8 Å². The number of thiocarbonyl (C=S) groups is 1. The molecule has 1 atom stereocenters. The number of sulfone groups is 1. The third-order valence-corrected chi connectivity index (χ3v) is 4.61. The van der Waals surface area contributed by atoms with Crippen LogP contribution in [0.25, 0.3) is 0 Å². The molecule has 0 aliphatic heterocycles. The van der Waals surface area contributed by atoms with Gasteiger partial charge in [-0.05, 0) is 43.0 Å². The van der Waals surface area contributed by atoms with E-state index in [0.717, 1.165) is 19.1 Å². The summed E-state index contributed by atoms with van der Waals surface area (Å²) in [6, 6.07) is 5.51. The highest BCUT2D eigenvalue weighted by Crippen LogP contribution is 2.32. The van der Waals surface area contributed by atoms with Crippen molar-refractivity contribution in [3.05, 3.63) is 29.8 Å². The summed E-state index contributed by atoms with van der Waals surface area (Å²) in [6.07, 6.45) is 3.14. The Labute approximate surface area is 123 Å². The molecule has 1 fully saturated rings. The predicted octanol–water partition coefficient (Wildman–Crippen LogP) is 0.885. The van der Waals surface area contributed by atoms with Crippen molar-refractivity contribution >= 4 is 33.0 Å². The van der Waals surface area contributed by atoms with Crippen LogP contribution in [0, 0.1) is 5.92 Å². The molecule has 0 heterocycles. The molecule has 0 spiro atoms. The molecule has 7 heteroatoms. The number of hydrogen-bond acceptors (Lipinski definition) is 4. The molecule has 0 saturated heterocycles. The number of benzene rings is 1. The molecule has 1 unspecified atom stereocenters. The lowest BCUT2D eigenvalue weighted by Crippen LogP contribution is -2.45. The normalized spacial score (nSPS) is 16.4. The van der Waals surface area contributed by atoms with Gasteiger partial charge in [0.1, 0.15) is 0 Å². The van der Waals surface area contributed by atoms with Gasteiger partial charge in [-0.2, -0.15) is 0 Å². The molecule has 0 bridgehead atoms. The second kappa shape index (κ2) is 5.49. The fraction of sp³-hybridized carbons (Fsp3) is 0.385. The van der Waals surface area contributed by atoms with Gasteiger partial charge in [0.25, 0.3) is 5.91 Å². The highest BCUT2D eigenvalue weighted by molar-refractivity contribution is 7.90. The number of nitrogens with two attached hydrogens (primary N) is 1. The zero-order valence-electron chi connectivity index (χ0n) is 11.0. The molecule has 1 aromatic rings. The Morgan fingerprint density at radius 3 is 2.30 bits per heavy atom. The van der Waals surface area contributed by atoms with E-state index < -0.39 is 9.84 Å². The number of carbonyl (C=O) groups excluding carboxylic acids is 1. The lowest BCUT2D eigenvalue weighted by atomic mass is 10.1. The lowest BCUT2D eigenvalue weighted by Gasteiger charge is -2.16. The van der Waals surface area contributed by atoms with Gasteiger partial charge in [-0.1, -0.05) is 12.2 Å². The summed E-state index contributed by atoms with van der Waals surface area (Å²) in [7, 11) is -3.26. The Morgan fingerprint density at radius 1 is 1.35 bits per heavy atom. The highest BCUT2D eigenvalue weighted by atomic mass is 32.2. The number of nitrogens with one attached hydrogen (secondary N) is 1. The Morgan fingerprint density at radius 2 is 1.90 bits per heavy atom. The summed E-state index contributed by atoms with van der Waals surface area (Å²) in [4.78, 5) is 12.5. The van der Waals surface area contributed by atoms with Gasteiger partial charge >= 0.3 is 0 Å². The van der Waals surface area contributed by atoms with Crippen LogP contribution < -0.4 is 11.1 Å². The van der Waals surface area contributed by atoms with E-state index in [2.05, 4.69) is 5.32 Å². The predicted molar refractivity (Wildman–Crippen MR) is 80.3 cm³/mol. The van der Waals surface area contributed by atoms with Crippen molar-refractivity contribution < 1.29 is 13.2 Å². The number of amides is 1. The second-order valence-corrected chi connectivity index (χ2v) is 7.47.